The van der Waals surface area contributed by atoms with E-state index in [0.29, 0.717) is 39.2 Å². The van der Waals surface area contributed by atoms with Crippen LogP contribution < -0.4 is 5.32 Å². The molecular weight excluding hydrogens is 346 g/mol. The molecule has 1 N–H and O–H groups in total. The van der Waals surface area contributed by atoms with Gasteiger partial charge in [0.2, 0.25) is 0 Å². The number of benzene rings is 1. The average Bonchev–Trinajstić information content (AvgIpc) is 2.90. The molecule has 1 spiro atoms. The van der Waals surface area contributed by atoms with E-state index < -0.39 is 5.54 Å². The van der Waals surface area contributed by atoms with Crippen molar-refractivity contribution < 1.29 is 19.1 Å². The summed E-state index contributed by atoms with van der Waals surface area (Å²) in [5.74, 6) is -0.0729. The largest absolute Gasteiger partial charge is 0.376 e. The van der Waals surface area contributed by atoms with Crippen molar-refractivity contribution in [2.24, 2.45) is 0 Å². The summed E-state index contributed by atoms with van der Waals surface area (Å²) < 4.78 is 11.1. The van der Waals surface area contributed by atoms with Crippen LogP contribution >= 0.6 is 0 Å². The standard InChI is InChI=1S/C20H27N3O4/c24-18-20(7-9-21-10-8-20)23(11-6-16-4-2-1-3-5-16)19(25)22(18)14-17-15-26-12-13-27-17/h1-5,17,21H,6-15H2/t17-/m1/s1. The van der Waals surface area contributed by atoms with Crippen LogP contribution in [0.3, 0.4) is 0 Å². The number of hydrogen-bond donors (Lipinski definition) is 1. The number of amides is 3. The van der Waals surface area contributed by atoms with E-state index in [1.165, 1.54) is 10.5 Å². The molecule has 3 saturated heterocycles. The number of piperidine rings is 1. The van der Waals surface area contributed by atoms with E-state index >= 15 is 0 Å². The van der Waals surface area contributed by atoms with Gasteiger partial charge in [0.05, 0.1) is 32.5 Å². The average molecular weight is 373 g/mol. The zero-order chi connectivity index (χ0) is 18.7. The molecule has 3 heterocycles. The molecule has 1 aromatic carbocycles. The third-order valence-electron chi connectivity index (χ3n) is 5.79. The van der Waals surface area contributed by atoms with Crippen molar-refractivity contribution in [2.75, 3.05) is 46.0 Å². The Labute approximate surface area is 159 Å². The third-order valence-corrected chi connectivity index (χ3v) is 5.79. The Morgan fingerprint density at radius 3 is 2.59 bits per heavy atom. The minimum Gasteiger partial charge on any atom is -0.376 e. The summed E-state index contributed by atoms with van der Waals surface area (Å²) in [6.45, 7) is 3.82. The lowest BCUT2D eigenvalue weighted by molar-refractivity contribution is -0.138. The first-order valence-electron chi connectivity index (χ1n) is 9.78. The molecule has 146 valence electrons. The minimum absolute atomic E-state index is 0.0729. The summed E-state index contributed by atoms with van der Waals surface area (Å²) in [5, 5.41) is 3.31. The van der Waals surface area contributed by atoms with Gasteiger partial charge in [-0.2, -0.15) is 0 Å². The zero-order valence-corrected chi connectivity index (χ0v) is 15.6. The second-order valence-electron chi connectivity index (χ2n) is 7.43. The molecule has 27 heavy (non-hydrogen) atoms. The van der Waals surface area contributed by atoms with Crippen LogP contribution in [-0.2, 0) is 20.7 Å². The molecule has 7 heteroatoms. The van der Waals surface area contributed by atoms with Crippen molar-refractivity contribution in [1.29, 1.82) is 0 Å². The van der Waals surface area contributed by atoms with Crippen molar-refractivity contribution in [3.8, 4) is 0 Å². The molecule has 1 aromatic rings. The molecule has 4 rings (SSSR count). The van der Waals surface area contributed by atoms with Gasteiger partial charge >= 0.3 is 6.03 Å². The predicted molar refractivity (Wildman–Crippen MR) is 99.4 cm³/mol. The Morgan fingerprint density at radius 1 is 1.11 bits per heavy atom. The first-order chi connectivity index (χ1) is 13.2. The molecule has 0 unspecified atom stereocenters. The van der Waals surface area contributed by atoms with E-state index in [2.05, 4.69) is 17.4 Å². The Morgan fingerprint density at radius 2 is 1.89 bits per heavy atom. The van der Waals surface area contributed by atoms with Gasteiger partial charge in [-0.15, -0.1) is 0 Å². The SMILES string of the molecule is O=C1N(C[C@@H]2COCCO2)C(=O)C2(CCNCC2)N1CCc1ccccc1. The number of nitrogens with one attached hydrogen (secondary N) is 1. The minimum atomic E-state index is -0.716. The van der Waals surface area contributed by atoms with Gasteiger partial charge < -0.3 is 19.7 Å². The van der Waals surface area contributed by atoms with Crippen molar-refractivity contribution in [3.05, 3.63) is 35.9 Å². The Hall–Kier alpha value is -1.96. The summed E-state index contributed by atoms with van der Waals surface area (Å²) in [4.78, 5) is 29.7. The van der Waals surface area contributed by atoms with Crippen LogP contribution in [0.5, 0.6) is 0 Å². The van der Waals surface area contributed by atoms with Crippen LogP contribution in [0.4, 0.5) is 4.79 Å². The lowest BCUT2D eigenvalue weighted by Crippen LogP contribution is -2.56. The highest BCUT2D eigenvalue weighted by atomic mass is 16.6. The fraction of sp³-hybridized carbons (Fsp3) is 0.600. The number of carbonyl (C=O) groups excluding carboxylic acids is 2. The summed E-state index contributed by atoms with van der Waals surface area (Å²) in [6, 6.07) is 9.91. The number of hydrogen-bond acceptors (Lipinski definition) is 5. The Balaban J connectivity index is 1.53. The molecule has 0 bridgehead atoms. The number of carbonyl (C=O) groups is 2. The molecule has 3 aliphatic heterocycles. The highest BCUT2D eigenvalue weighted by molar-refractivity contribution is 6.07. The van der Waals surface area contributed by atoms with E-state index in [4.69, 9.17) is 9.47 Å². The molecule has 0 aromatic heterocycles. The molecule has 7 nitrogen and oxygen atoms in total. The summed E-state index contributed by atoms with van der Waals surface area (Å²) in [5.41, 5.74) is 0.455. The van der Waals surface area contributed by atoms with Crippen LogP contribution in [0.25, 0.3) is 0 Å². The lowest BCUT2D eigenvalue weighted by atomic mass is 9.86. The van der Waals surface area contributed by atoms with Gasteiger partial charge in [-0.25, -0.2) is 4.79 Å². The molecule has 0 aliphatic carbocycles. The van der Waals surface area contributed by atoms with Crippen LogP contribution in [0.2, 0.25) is 0 Å². The number of rotatable bonds is 5. The van der Waals surface area contributed by atoms with Crippen LogP contribution in [0.15, 0.2) is 30.3 Å². The first-order valence-corrected chi connectivity index (χ1v) is 9.78. The maximum atomic E-state index is 13.3. The Kier molecular flexibility index (Phi) is 5.43. The fourth-order valence-corrected chi connectivity index (χ4v) is 4.31. The normalized spacial score (nSPS) is 25.4. The number of ether oxygens (including phenoxy) is 2. The predicted octanol–water partition coefficient (Wildman–Crippen LogP) is 1.03. The lowest BCUT2D eigenvalue weighted by Gasteiger charge is -2.38. The zero-order valence-electron chi connectivity index (χ0n) is 15.6. The quantitative estimate of drug-likeness (QED) is 0.781. The maximum absolute atomic E-state index is 13.3. The van der Waals surface area contributed by atoms with Gasteiger partial charge in [-0.05, 0) is 37.9 Å². The topological polar surface area (TPSA) is 71.1 Å². The molecule has 0 radical (unpaired) electrons. The van der Waals surface area contributed by atoms with Gasteiger partial charge in [0.1, 0.15) is 5.54 Å². The van der Waals surface area contributed by atoms with Gasteiger partial charge in [0, 0.05) is 6.54 Å². The monoisotopic (exact) mass is 373 g/mol. The summed E-state index contributed by atoms with van der Waals surface area (Å²) >= 11 is 0. The molecule has 1 atom stereocenters. The molecule has 3 amide bonds. The van der Waals surface area contributed by atoms with E-state index in [1.807, 2.05) is 23.1 Å². The summed E-state index contributed by atoms with van der Waals surface area (Å²) in [7, 11) is 0. The molecular formula is C20H27N3O4. The van der Waals surface area contributed by atoms with Gasteiger partial charge in [0.25, 0.3) is 5.91 Å². The van der Waals surface area contributed by atoms with E-state index in [-0.39, 0.29) is 24.6 Å². The van der Waals surface area contributed by atoms with Crippen molar-refractivity contribution in [1.82, 2.24) is 15.1 Å². The van der Waals surface area contributed by atoms with Gasteiger partial charge in [0.15, 0.2) is 0 Å². The Bertz CT molecular complexity index is 669. The van der Waals surface area contributed by atoms with Crippen LogP contribution in [-0.4, -0.2) is 79.4 Å². The van der Waals surface area contributed by atoms with E-state index in [1.54, 1.807) is 0 Å². The second-order valence-corrected chi connectivity index (χ2v) is 7.43. The highest BCUT2D eigenvalue weighted by Gasteiger charge is 2.57. The molecule has 3 fully saturated rings. The van der Waals surface area contributed by atoms with Crippen molar-refractivity contribution in [3.63, 3.8) is 0 Å². The van der Waals surface area contributed by atoms with E-state index in [9.17, 15) is 9.59 Å². The van der Waals surface area contributed by atoms with Crippen molar-refractivity contribution >= 4 is 11.9 Å². The number of nitrogens with zero attached hydrogens (tertiary/aromatic N) is 2. The van der Waals surface area contributed by atoms with Gasteiger partial charge in [-0.3, -0.25) is 9.69 Å². The summed E-state index contributed by atoms with van der Waals surface area (Å²) in [6.07, 6.45) is 1.82. The number of imide groups is 1. The fourth-order valence-electron chi connectivity index (χ4n) is 4.31. The van der Waals surface area contributed by atoms with E-state index in [0.717, 1.165) is 19.5 Å². The van der Waals surface area contributed by atoms with Crippen molar-refractivity contribution in [2.45, 2.75) is 30.9 Å². The second kappa shape index (κ2) is 7.96. The van der Waals surface area contributed by atoms with Crippen LogP contribution in [0, 0.1) is 0 Å². The first kappa shape index (κ1) is 18.4. The molecule has 0 saturated carbocycles. The number of urea groups is 1. The maximum Gasteiger partial charge on any atom is 0.327 e. The smallest absolute Gasteiger partial charge is 0.327 e. The highest BCUT2D eigenvalue weighted by Crippen LogP contribution is 2.36. The molecule has 3 aliphatic rings. The van der Waals surface area contributed by atoms with Gasteiger partial charge in [-0.1, -0.05) is 30.3 Å². The van der Waals surface area contributed by atoms with Crippen LogP contribution in [0.1, 0.15) is 18.4 Å². The third kappa shape index (κ3) is 3.59.